The van der Waals surface area contributed by atoms with Crippen LogP contribution in [0.4, 0.5) is 0 Å². The van der Waals surface area contributed by atoms with Crippen molar-refractivity contribution in [2.45, 2.75) is 19.4 Å². The molecule has 0 aromatic heterocycles. The van der Waals surface area contributed by atoms with Crippen molar-refractivity contribution >= 4 is 5.97 Å². The van der Waals surface area contributed by atoms with Crippen LogP contribution in [0, 0.1) is 0 Å². The number of benzene rings is 1. The van der Waals surface area contributed by atoms with Crippen LogP contribution in [-0.2, 0) is 16.1 Å². The van der Waals surface area contributed by atoms with E-state index in [0.717, 1.165) is 5.56 Å². The van der Waals surface area contributed by atoms with E-state index in [-0.39, 0.29) is 0 Å². The number of rotatable bonds is 6. The SMILES string of the molecule is COCc1cc(OC)c(OC)cc1C(C)C(=O)O. The molecule has 1 aromatic carbocycles. The van der Waals surface area contributed by atoms with E-state index in [1.165, 1.54) is 14.2 Å². The third kappa shape index (κ3) is 2.92. The molecular weight excluding hydrogens is 236 g/mol. The molecule has 5 nitrogen and oxygen atoms in total. The summed E-state index contributed by atoms with van der Waals surface area (Å²) in [4.78, 5) is 11.1. The van der Waals surface area contributed by atoms with E-state index in [1.54, 1.807) is 26.2 Å². The number of carboxylic acid groups (broad SMARTS) is 1. The van der Waals surface area contributed by atoms with Crippen molar-refractivity contribution in [2.75, 3.05) is 21.3 Å². The first-order valence-corrected chi connectivity index (χ1v) is 5.51. The summed E-state index contributed by atoms with van der Waals surface area (Å²) in [6.45, 7) is 1.95. The van der Waals surface area contributed by atoms with Crippen LogP contribution in [0.3, 0.4) is 0 Å². The van der Waals surface area contributed by atoms with Gasteiger partial charge in [0, 0.05) is 7.11 Å². The molecule has 100 valence electrons. The molecule has 0 bridgehead atoms. The second-order valence-electron chi connectivity index (χ2n) is 3.90. The molecule has 0 heterocycles. The van der Waals surface area contributed by atoms with Gasteiger partial charge in [0.05, 0.1) is 26.7 Å². The van der Waals surface area contributed by atoms with Gasteiger partial charge in [-0.3, -0.25) is 4.79 Å². The van der Waals surface area contributed by atoms with Crippen LogP contribution >= 0.6 is 0 Å². The Balaban J connectivity index is 3.32. The molecule has 0 amide bonds. The second-order valence-corrected chi connectivity index (χ2v) is 3.90. The van der Waals surface area contributed by atoms with Gasteiger partial charge in [0.15, 0.2) is 11.5 Å². The van der Waals surface area contributed by atoms with Crippen LogP contribution in [0.15, 0.2) is 12.1 Å². The molecule has 0 spiro atoms. The lowest BCUT2D eigenvalue weighted by Crippen LogP contribution is -2.11. The first-order chi connectivity index (χ1) is 8.54. The molecule has 1 atom stereocenters. The lowest BCUT2D eigenvalue weighted by Gasteiger charge is -2.17. The third-order valence-electron chi connectivity index (χ3n) is 2.78. The zero-order chi connectivity index (χ0) is 13.7. The van der Waals surface area contributed by atoms with Gasteiger partial charge in [0.2, 0.25) is 0 Å². The van der Waals surface area contributed by atoms with E-state index in [4.69, 9.17) is 19.3 Å². The summed E-state index contributed by atoms with van der Waals surface area (Å²) in [5.74, 6) is -0.444. The molecule has 1 rings (SSSR count). The maximum absolute atomic E-state index is 11.1. The number of hydrogen-bond acceptors (Lipinski definition) is 4. The Labute approximate surface area is 106 Å². The van der Waals surface area contributed by atoms with Crippen molar-refractivity contribution in [3.05, 3.63) is 23.3 Å². The number of carboxylic acids is 1. The molecule has 1 aromatic rings. The Morgan fingerprint density at radius 2 is 1.78 bits per heavy atom. The van der Waals surface area contributed by atoms with Crippen molar-refractivity contribution in [2.24, 2.45) is 0 Å². The average Bonchev–Trinajstić information content (AvgIpc) is 2.37. The molecule has 1 N–H and O–H groups in total. The van der Waals surface area contributed by atoms with Crippen molar-refractivity contribution in [1.82, 2.24) is 0 Å². The lowest BCUT2D eigenvalue weighted by molar-refractivity contribution is -0.138. The average molecular weight is 254 g/mol. The Bertz CT molecular complexity index is 428. The molecule has 0 radical (unpaired) electrons. The minimum Gasteiger partial charge on any atom is -0.493 e. The first kappa shape index (κ1) is 14.3. The second kappa shape index (κ2) is 6.26. The number of aliphatic carboxylic acids is 1. The predicted molar refractivity (Wildman–Crippen MR) is 66.3 cm³/mol. The van der Waals surface area contributed by atoms with Crippen molar-refractivity contribution < 1.29 is 24.1 Å². The Morgan fingerprint density at radius 3 is 2.22 bits per heavy atom. The largest absolute Gasteiger partial charge is 0.493 e. The van der Waals surface area contributed by atoms with E-state index >= 15 is 0 Å². The van der Waals surface area contributed by atoms with Gasteiger partial charge in [0.25, 0.3) is 0 Å². The van der Waals surface area contributed by atoms with Crippen molar-refractivity contribution in [3.63, 3.8) is 0 Å². The van der Waals surface area contributed by atoms with Gasteiger partial charge in [-0.05, 0) is 30.2 Å². The minimum absolute atomic E-state index is 0.327. The Hall–Kier alpha value is -1.75. The fourth-order valence-electron chi connectivity index (χ4n) is 1.75. The molecule has 0 fully saturated rings. The van der Waals surface area contributed by atoms with Crippen LogP contribution in [0.25, 0.3) is 0 Å². The summed E-state index contributed by atoms with van der Waals surface area (Å²) < 4.78 is 15.5. The number of carbonyl (C=O) groups is 1. The smallest absolute Gasteiger partial charge is 0.310 e. The summed E-state index contributed by atoms with van der Waals surface area (Å²) in [7, 11) is 4.61. The molecule has 5 heteroatoms. The highest BCUT2D eigenvalue weighted by atomic mass is 16.5. The third-order valence-corrected chi connectivity index (χ3v) is 2.78. The molecule has 0 aliphatic rings. The number of methoxy groups -OCH3 is 3. The molecule has 0 saturated carbocycles. The van der Waals surface area contributed by atoms with Gasteiger partial charge < -0.3 is 19.3 Å². The standard InChI is InChI=1S/C13H18O5/c1-8(13(14)15)10-6-12(18-4)11(17-3)5-9(10)7-16-2/h5-6,8H,7H2,1-4H3,(H,14,15). The summed E-state index contributed by atoms with van der Waals surface area (Å²) in [6.07, 6.45) is 0. The zero-order valence-corrected chi connectivity index (χ0v) is 11.0. The summed E-state index contributed by atoms with van der Waals surface area (Å²) in [6, 6.07) is 3.43. The molecule has 0 aliphatic carbocycles. The van der Waals surface area contributed by atoms with Gasteiger partial charge in [-0.2, -0.15) is 0 Å². The number of hydrogen-bond donors (Lipinski definition) is 1. The van der Waals surface area contributed by atoms with Gasteiger partial charge >= 0.3 is 5.97 Å². The Kier molecular flexibility index (Phi) is 4.97. The fraction of sp³-hybridized carbons (Fsp3) is 0.462. The van der Waals surface area contributed by atoms with Gasteiger partial charge in [-0.25, -0.2) is 0 Å². The normalized spacial score (nSPS) is 12.0. The van der Waals surface area contributed by atoms with Gasteiger partial charge in [-0.1, -0.05) is 0 Å². The maximum Gasteiger partial charge on any atom is 0.310 e. The van der Waals surface area contributed by atoms with Crippen LogP contribution < -0.4 is 9.47 Å². The molecule has 18 heavy (non-hydrogen) atoms. The van der Waals surface area contributed by atoms with Crippen LogP contribution in [0.5, 0.6) is 11.5 Å². The van der Waals surface area contributed by atoms with Crippen molar-refractivity contribution in [3.8, 4) is 11.5 Å². The predicted octanol–water partition coefficient (Wildman–Crippen LogP) is 2.04. The fourth-order valence-corrected chi connectivity index (χ4v) is 1.75. The first-order valence-electron chi connectivity index (χ1n) is 5.51. The number of ether oxygens (including phenoxy) is 3. The highest BCUT2D eigenvalue weighted by molar-refractivity contribution is 5.76. The van der Waals surface area contributed by atoms with E-state index < -0.39 is 11.9 Å². The monoisotopic (exact) mass is 254 g/mol. The van der Waals surface area contributed by atoms with E-state index in [1.807, 2.05) is 0 Å². The van der Waals surface area contributed by atoms with E-state index in [9.17, 15) is 4.79 Å². The van der Waals surface area contributed by atoms with E-state index in [0.29, 0.717) is 23.7 Å². The maximum atomic E-state index is 11.1. The molecule has 0 aliphatic heterocycles. The quantitative estimate of drug-likeness (QED) is 0.841. The molecule has 1 unspecified atom stereocenters. The van der Waals surface area contributed by atoms with Crippen LogP contribution in [0.1, 0.15) is 24.0 Å². The van der Waals surface area contributed by atoms with Crippen LogP contribution in [0.2, 0.25) is 0 Å². The minimum atomic E-state index is -0.889. The zero-order valence-electron chi connectivity index (χ0n) is 11.0. The Morgan fingerprint density at radius 1 is 1.22 bits per heavy atom. The van der Waals surface area contributed by atoms with E-state index in [2.05, 4.69) is 0 Å². The highest BCUT2D eigenvalue weighted by Crippen LogP contribution is 2.34. The molecule has 0 saturated heterocycles. The topological polar surface area (TPSA) is 65.0 Å². The van der Waals surface area contributed by atoms with Crippen molar-refractivity contribution in [1.29, 1.82) is 0 Å². The lowest BCUT2D eigenvalue weighted by atomic mass is 9.95. The molecular formula is C13H18O5. The summed E-state index contributed by atoms with van der Waals surface area (Å²) in [5.41, 5.74) is 1.45. The van der Waals surface area contributed by atoms with Gasteiger partial charge in [0.1, 0.15) is 0 Å². The summed E-state index contributed by atoms with van der Waals surface area (Å²) in [5, 5.41) is 9.11. The highest BCUT2D eigenvalue weighted by Gasteiger charge is 2.20. The van der Waals surface area contributed by atoms with Crippen LogP contribution in [-0.4, -0.2) is 32.4 Å². The summed E-state index contributed by atoms with van der Waals surface area (Å²) >= 11 is 0. The van der Waals surface area contributed by atoms with Gasteiger partial charge in [-0.15, -0.1) is 0 Å².